The summed E-state index contributed by atoms with van der Waals surface area (Å²) < 4.78 is 5.95. The standard InChI is InChI=1S/C17H16N2O/c1-11-6-7-15-16(8-9-19-17(15)12(11)2)20-14-5-3-4-13(18)10-14/h3-10H,18H2,1-2H3. The number of nitrogens with two attached hydrogens (primary N) is 1. The molecule has 0 aliphatic rings. The zero-order valence-corrected chi connectivity index (χ0v) is 11.6. The van der Waals surface area contributed by atoms with Gasteiger partial charge in [-0.15, -0.1) is 0 Å². The molecule has 0 amide bonds. The summed E-state index contributed by atoms with van der Waals surface area (Å²) >= 11 is 0. The van der Waals surface area contributed by atoms with Crippen LogP contribution >= 0.6 is 0 Å². The van der Waals surface area contributed by atoms with Crippen molar-refractivity contribution in [2.45, 2.75) is 13.8 Å². The Morgan fingerprint density at radius 2 is 1.90 bits per heavy atom. The summed E-state index contributed by atoms with van der Waals surface area (Å²) in [6.45, 7) is 4.16. The molecule has 3 rings (SSSR count). The van der Waals surface area contributed by atoms with Crippen LogP contribution in [0.15, 0.2) is 48.7 Å². The van der Waals surface area contributed by atoms with Gasteiger partial charge in [-0.3, -0.25) is 4.98 Å². The lowest BCUT2D eigenvalue weighted by atomic mass is 10.1. The molecule has 1 aromatic heterocycles. The maximum absolute atomic E-state index is 5.95. The molecule has 3 nitrogen and oxygen atoms in total. The van der Waals surface area contributed by atoms with Gasteiger partial charge in [0.25, 0.3) is 0 Å². The molecule has 3 heteroatoms. The molecule has 0 saturated carbocycles. The van der Waals surface area contributed by atoms with E-state index in [0.717, 1.165) is 22.4 Å². The fraction of sp³-hybridized carbons (Fsp3) is 0.118. The van der Waals surface area contributed by atoms with Crippen molar-refractivity contribution in [3.05, 3.63) is 59.8 Å². The van der Waals surface area contributed by atoms with E-state index in [9.17, 15) is 0 Å². The molecule has 2 N–H and O–H groups in total. The van der Waals surface area contributed by atoms with Crippen LogP contribution < -0.4 is 10.5 Å². The number of pyridine rings is 1. The van der Waals surface area contributed by atoms with Gasteiger partial charge in [-0.2, -0.15) is 0 Å². The molecule has 100 valence electrons. The summed E-state index contributed by atoms with van der Waals surface area (Å²) in [5.41, 5.74) is 9.85. The summed E-state index contributed by atoms with van der Waals surface area (Å²) in [5.74, 6) is 1.53. The monoisotopic (exact) mass is 264 g/mol. The van der Waals surface area contributed by atoms with Crippen LogP contribution in [0.1, 0.15) is 11.1 Å². The minimum Gasteiger partial charge on any atom is -0.457 e. The zero-order valence-electron chi connectivity index (χ0n) is 11.6. The number of aromatic nitrogens is 1. The number of fused-ring (bicyclic) bond motifs is 1. The molecule has 1 heterocycles. The first-order valence-electron chi connectivity index (χ1n) is 6.53. The van der Waals surface area contributed by atoms with E-state index in [4.69, 9.17) is 10.5 Å². The Morgan fingerprint density at radius 1 is 1.05 bits per heavy atom. The number of benzene rings is 2. The van der Waals surface area contributed by atoms with Crippen molar-refractivity contribution >= 4 is 16.6 Å². The summed E-state index contributed by atoms with van der Waals surface area (Å²) in [5, 5.41) is 1.01. The highest BCUT2D eigenvalue weighted by Gasteiger charge is 2.08. The number of rotatable bonds is 2. The summed E-state index contributed by atoms with van der Waals surface area (Å²) in [4.78, 5) is 4.46. The van der Waals surface area contributed by atoms with Gasteiger partial charge in [0, 0.05) is 23.3 Å². The average molecular weight is 264 g/mol. The Morgan fingerprint density at radius 3 is 2.70 bits per heavy atom. The number of anilines is 1. The maximum atomic E-state index is 5.95. The van der Waals surface area contributed by atoms with Crippen molar-refractivity contribution in [2.75, 3.05) is 5.73 Å². The van der Waals surface area contributed by atoms with Gasteiger partial charge < -0.3 is 10.5 Å². The largest absolute Gasteiger partial charge is 0.457 e. The van der Waals surface area contributed by atoms with Crippen LogP contribution in [0.2, 0.25) is 0 Å². The average Bonchev–Trinajstić information content (AvgIpc) is 2.43. The molecule has 0 fully saturated rings. The Labute approximate surface area is 118 Å². The van der Waals surface area contributed by atoms with Crippen molar-refractivity contribution in [2.24, 2.45) is 0 Å². The topological polar surface area (TPSA) is 48.1 Å². The number of ether oxygens (including phenoxy) is 1. The molecule has 0 bridgehead atoms. The highest BCUT2D eigenvalue weighted by molar-refractivity contribution is 5.88. The third-order valence-electron chi connectivity index (χ3n) is 3.48. The first-order valence-corrected chi connectivity index (χ1v) is 6.53. The second kappa shape index (κ2) is 4.85. The second-order valence-corrected chi connectivity index (χ2v) is 4.89. The minimum absolute atomic E-state index is 0.688. The van der Waals surface area contributed by atoms with Crippen molar-refractivity contribution in [1.82, 2.24) is 4.98 Å². The van der Waals surface area contributed by atoms with Crippen molar-refractivity contribution in [3.8, 4) is 11.5 Å². The van der Waals surface area contributed by atoms with E-state index in [1.807, 2.05) is 36.4 Å². The van der Waals surface area contributed by atoms with Crippen LogP contribution in [0.3, 0.4) is 0 Å². The number of aryl methyl sites for hydroxylation is 2. The molecule has 0 spiro atoms. The van der Waals surface area contributed by atoms with Crippen LogP contribution in [-0.2, 0) is 0 Å². The fourth-order valence-electron chi connectivity index (χ4n) is 2.23. The van der Waals surface area contributed by atoms with E-state index in [1.165, 1.54) is 11.1 Å². The van der Waals surface area contributed by atoms with Crippen molar-refractivity contribution in [3.63, 3.8) is 0 Å². The van der Waals surface area contributed by atoms with Gasteiger partial charge in [0.1, 0.15) is 11.5 Å². The van der Waals surface area contributed by atoms with Crippen molar-refractivity contribution < 1.29 is 4.74 Å². The molecule has 0 aliphatic carbocycles. The molecule has 0 unspecified atom stereocenters. The molecular weight excluding hydrogens is 248 g/mol. The first kappa shape index (κ1) is 12.5. The van der Waals surface area contributed by atoms with E-state index in [0.29, 0.717) is 5.69 Å². The van der Waals surface area contributed by atoms with Gasteiger partial charge in [-0.25, -0.2) is 0 Å². The van der Waals surface area contributed by atoms with Crippen LogP contribution in [-0.4, -0.2) is 4.98 Å². The van der Waals surface area contributed by atoms with Gasteiger partial charge in [0.05, 0.1) is 5.52 Å². The van der Waals surface area contributed by atoms with Gasteiger partial charge in [-0.05, 0) is 49.2 Å². The first-order chi connectivity index (χ1) is 9.65. The maximum Gasteiger partial charge on any atom is 0.138 e. The van der Waals surface area contributed by atoms with E-state index >= 15 is 0 Å². The van der Waals surface area contributed by atoms with Crippen LogP contribution in [0.25, 0.3) is 10.9 Å². The Balaban J connectivity index is 2.10. The molecule has 0 saturated heterocycles. The van der Waals surface area contributed by atoms with Gasteiger partial charge in [0.15, 0.2) is 0 Å². The quantitative estimate of drug-likeness (QED) is 0.705. The molecule has 0 radical (unpaired) electrons. The molecule has 0 aliphatic heterocycles. The van der Waals surface area contributed by atoms with E-state index in [2.05, 4.69) is 24.9 Å². The highest BCUT2D eigenvalue weighted by atomic mass is 16.5. The van der Waals surface area contributed by atoms with Crippen LogP contribution in [0.5, 0.6) is 11.5 Å². The molecular formula is C17H16N2O. The predicted molar refractivity (Wildman–Crippen MR) is 82.1 cm³/mol. The third-order valence-corrected chi connectivity index (χ3v) is 3.48. The van der Waals surface area contributed by atoms with Gasteiger partial charge in [0.2, 0.25) is 0 Å². The predicted octanol–water partition coefficient (Wildman–Crippen LogP) is 4.23. The molecule has 0 atom stereocenters. The lowest BCUT2D eigenvalue weighted by Gasteiger charge is -2.11. The van der Waals surface area contributed by atoms with Crippen molar-refractivity contribution in [1.29, 1.82) is 0 Å². The number of nitrogens with zero attached hydrogens (tertiary/aromatic N) is 1. The minimum atomic E-state index is 0.688. The summed E-state index contributed by atoms with van der Waals surface area (Å²) in [7, 11) is 0. The third kappa shape index (κ3) is 2.18. The van der Waals surface area contributed by atoms with Crippen LogP contribution in [0.4, 0.5) is 5.69 Å². The number of hydrogen-bond donors (Lipinski definition) is 1. The van der Waals surface area contributed by atoms with E-state index < -0.39 is 0 Å². The van der Waals surface area contributed by atoms with Crippen LogP contribution in [0, 0.1) is 13.8 Å². The fourth-order valence-corrected chi connectivity index (χ4v) is 2.23. The van der Waals surface area contributed by atoms with Gasteiger partial charge in [-0.1, -0.05) is 12.1 Å². The van der Waals surface area contributed by atoms with Gasteiger partial charge >= 0.3 is 0 Å². The summed E-state index contributed by atoms with van der Waals surface area (Å²) in [6.07, 6.45) is 1.77. The lowest BCUT2D eigenvalue weighted by Crippen LogP contribution is -1.92. The smallest absolute Gasteiger partial charge is 0.138 e. The molecule has 3 aromatic rings. The Hall–Kier alpha value is -2.55. The van der Waals surface area contributed by atoms with E-state index in [-0.39, 0.29) is 0 Å². The zero-order chi connectivity index (χ0) is 14.1. The summed E-state index contributed by atoms with van der Waals surface area (Å²) in [6, 6.07) is 13.4. The number of nitrogen functional groups attached to an aromatic ring is 1. The number of hydrogen-bond acceptors (Lipinski definition) is 3. The molecule has 20 heavy (non-hydrogen) atoms. The van der Waals surface area contributed by atoms with E-state index in [1.54, 1.807) is 6.20 Å². The lowest BCUT2D eigenvalue weighted by molar-refractivity contribution is 0.488. The Bertz CT molecular complexity index is 781. The second-order valence-electron chi connectivity index (χ2n) is 4.89. The highest BCUT2D eigenvalue weighted by Crippen LogP contribution is 2.31. The SMILES string of the molecule is Cc1ccc2c(Oc3cccc(N)c3)ccnc2c1C. The Kier molecular flexibility index (Phi) is 3.03. The molecule has 2 aromatic carbocycles. The normalized spacial score (nSPS) is 10.7.